The van der Waals surface area contributed by atoms with Crippen molar-refractivity contribution < 1.29 is 4.74 Å². The first-order valence-electron chi connectivity index (χ1n) is 6.21. The number of ether oxygens (including phenoxy) is 1. The first kappa shape index (κ1) is 14.3. The summed E-state index contributed by atoms with van der Waals surface area (Å²) >= 11 is 5.05. The van der Waals surface area contributed by atoms with Gasteiger partial charge in [0, 0.05) is 25.4 Å². The summed E-state index contributed by atoms with van der Waals surface area (Å²) in [5.41, 5.74) is 8.36. The van der Waals surface area contributed by atoms with E-state index in [1.165, 1.54) is 0 Å². The van der Waals surface area contributed by atoms with Crippen LogP contribution >= 0.6 is 12.2 Å². The second kappa shape index (κ2) is 6.34. The Balaban J connectivity index is 2.29. The maximum atomic E-state index is 5.72. The molecule has 4 nitrogen and oxygen atoms in total. The van der Waals surface area contributed by atoms with Crippen LogP contribution in [-0.4, -0.2) is 24.1 Å². The van der Waals surface area contributed by atoms with Crippen LogP contribution in [-0.2, 0) is 6.54 Å². The maximum absolute atomic E-state index is 5.72. The predicted molar refractivity (Wildman–Crippen MR) is 85.2 cm³/mol. The minimum Gasteiger partial charge on any atom is -0.496 e. The minimum atomic E-state index is 0.299. The number of anilines is 1. The van der Waals surface area contributed by atoms with E-state index in [9.17, 15) is 0 Å². The Morgan fingerprint density at radius 1 is 1.30 bits per heavy atom. The molecule has 0 atom stereocenters. The number of hydrogen-bond donors (Lipinski definition) is 1. The largest absolute Gasteiger partial charge is 0.496 e. The van der Waals surface area contributed by atoms with Crippen LogP contribution < -0.4 is 15.4 Å². The minimum absolute atomic E-state index is 0.299. The van der Waals surface area contributed by atoms with Gasteiger partial charge in [-0.3, -0.25) is 4.98 Å². The number of pyridine rings is 1. The molecule has 0 aliphatic carbocycles. The smallest absolute Gasteiger partial charge is 0.124 e. The Kier molecular flexibility index (Phi) is 4.53. The van der Waals surface area contributed by atoms with E-state index in [4.69, 9.17) is 22.7 Å². The van der Waals surface area contributed by atoms with Gasteiger partial charge in [0.1, 0.15) is 16.4 Å². The number of methoxy groups -OCH3 is 1. The number of hydrogen-bond acceptors (Lipinski definition) is 4. The number of nitrogens with two attached hydrogens (primary N) is 1. The van der Waals surface area contributed by atoms with Crippen LogP contribution in [0.1, 0.15) is 11.3 Å². The van der Waals surface area contributed by atoms with Gasteiger partial charge in [0.15, 0.2) is 0 Å². The molecule has 0 unspecified atom stereocenters. The molecular formula is C15H17N3OS. The molecule has 0 aliphatic rings. The van der Waals surface area contributed by atoms with Gasteiger partial charge in [-0.05, 0) is 18.2 Å². The fourth-order valence-corrected chi connectivity index (χ4v) is 2.23. The average molecular weight is 287 g/mol. The highest BCUT2D eigenvalue weighted by atomic mass is 32.1. The van der Waals surface area contributed by atoms with Crippen LogP contribution in [0, 0.1) is 0 Å². The molecule has 0 radical (unpaired) electrons. The van der Waals surface area contributed by atoms with Crippen LogP contribution in [0.25, 0.3) is 0 Å². The van der Waals surface area contributed by atoms with E-state index < -0.39 is 0 Å². The molecule has 0 spiro atoms. The van der Waals surface area contributed by atoms with Crippen molar-refractivity contribution in [3.63, 3.8) is 0 Å². The van der Waals surface area contributed by atoms with Gasteiger partial charge >= 0.3 is 0 Å². The molecule has 20 heavy (non-hydrogen) atoms. The number of benzene rings is 1. The Morgan fingerprint density at radius 2 is 2.05 bits per heavy atom. The highest BCUT2D eigenvalue weighted by molar-refractivity contribution is 7.80. The van der Waals surface area contributed by atoms with Crippen LogP contribution in [0.15, 0.2) is 42.6 Å². The summed E-state index contributed by atoms with van der Waals surface area (Å²) in [6, 6.07) is 11.7. The normalized spacial score (nSPS) is 10.1. The van der Waals surface area contributed by atoms with E-state index in [-0.39, 0.29) is 0 Å². The first-order valence-corrected chi connectivity index (χ1v) is 6.62. The number of nitrogens with zero attached hydrogens (tertiary/aromatic N) is 2. The second-order valence-electron chi connectivity index (χ2n) is 4.40. The molecule has 1 aromatic heterocycles. The summed E-state index contributed by atoms with van der Waals surface area (Å²) in [4.78, 5) is 6.60. The lowest BCUT2D eigenvalue weighted by Gasteiger charge is -2.22. The number of aromatic nitrogens is 1. The molecule has 0 saturated heterocycles. The third kappa shape index (κ3) is 3.05. The van der Waals surface area contributed by atoms with Gasteiger partial charge < -0.3 is 15.4 Å². The Hall–Kier alpha value is -2.14. The van der Waals surface area contributed by atoms with Crippen LogP contribution in [0.5, 0.6) is 5.75 Å². The number of thiocarbonyl (C=S) groups is 1. The third-order valence-corrected chi connectivity index (χ3v) is 3.22. The fraction of sp³-hybridized carbons (Fsp3) is 0.200. The van der Waals surface area contributed by atoms with Gasteiger partial charge in [0.2, 0.25) is 0 Å². The summed E-state index contributed by atoms with van der Waals surface area (Å²) in [6.45, 7) is 0.686. The van der Waals surface area contributed by atoms with Crippen molar-refractivity contribution in [2.45, 2.75) is 6.54 Å². The predicted octanol–water partition coefficient (Wildman–Crippen LogP) is 2.36. The summed E-state index contributed by atoms with van der Waals surface area (Å²) in [7, 11) is 3.65. The highest BCUT2D eigenvalue weighted by Crippen LogP contribution is 2.23. The van der Waals surface area contributed by atoms with Gasteiger partial charge in [0.05, 0.1) is 12.8 Å². The van der Waals surface area contributed by atoms with Crippen molar-refractivity contribution >= 4 is 22.9 Å². The quantitative estimate of drug-likeness (QED) is 0.856. The third-order valence-electron chi connectivity index (χ3n) is 3.03. The lowest BCUT2D eigenvalue weighted by molar-refractivity contribution is 0.409. The van der Waals surface area contributed by atoms with E-state index in [0.717, 1.165) is 17.0 Å². The molecule has 1 heterocycles. The van der Waals surface area contributed by atoms with Crippen molar-refractivity contribution in [3.8, 4) is 5.75 Å². The van der Waals surface area contributed by atoms with Gasteiger partial charge in [-0.15, -0.1) is 0 Å². The molecule has 0 bridgehead atoms. The fourth-order valence-electron chi connectivity index (χ4n) is 2.07. The van der Waals surface area contributed by atoms with Crippen molar-refractivity contribution in [2.75, 3.05) is 19.1 Å². The zero-order chi connectivity index (χ0) is 14.5. The van der Waals surface area contributed by atoms with Gasteiger partial charge in [-0.1, -0.05) is 30.4 Å². The second-order valence-corrected chi connectivity index (χ2v) is 4.84. The van der Waals surface area contributed by atoms with Crippen molar-refractivity contribution in [1.82, 2.24) is 4.98 Å². The summed E-state index contributed by atoms with van der Waals surface area (Å²) in [6.07, 6.45) is 1.69. The van der Waals surface area contributed by atoms with E-state index in [1.807, 2.05) is 43.4 Å². The number of rotatable bonds is 5. The monoisotopic (exact) mass is 287 g/mol. The molecule has 104 valence electrons. The Morgan fingerprint density at radius 3 is 2.75 bits per heavy atom. The molecule has 0 saturated carbocycles. The van der Waals surface area contributed by atoms with Gasteiger partial charge in [0.25, 0.3) is 0 Å². The number of para-hydroxylation sites is 1. The van der Waals surface area contributed by atoms with Crippen LogP contribution in [0.2, 0.25) is 0 Å². The Labute approximate surface area is 124 Å². The summed E-state index contributed by atoms with van der Waals surface area (Å²) < 4.78 is 5.37. The van der Waals surface area contributed by atoms with Crippen molar-refractivity contribution in [2.24, 2.45) is 5.73 Å². The molecule has 2 aromatic rings. The van der Waals surface area contributed by atoms with Gasteiger partial charge in [-0.25, -0.2) is 0 Å². The van der Waals surface area contributed by atoms with Crippen LogP contribution in [0.3, 0.4) is 0 Å². The molecule has 5 heteroatoms. The molecule has 2 N–H and O–H groups in total. The van der Waals surface area contributed by atoms with E-state index in [2.05, 4.69) is 9.88 Å². The van der Waals surface area contributed by atoms with E-state index in [0.29, 0.717) is 17.2 Å². The first-order chi connectivity index (χ1) is 9.63. The lowest BCUT2D eigenvalue weighted by Crippen LogP contribution is -2.22. The Bertz CT molecular complexity index is 616. The van der Waals surface area contributed by atoms with E-state index in [1.54, 1.807) is 13.3 Å². The summed E-state index contributed by atoms with van der Waals surface area (Å²) in [5.74, 6) is 0.861. The molecular weight excluding hydrogens is 270 g/mol. The topological polar surface area (TPSA) is 51.4 Å². The molecule has 0 aliphatic heterocycles. The van der Waals surface area contributed by atoms with Crippen LogP contribution in [0.4, 0.5) is 5.69 Å². The highest BCUT2D eigenvalue weighted by Gasteiger charge is 2.12. The zero-order valence-corrected chi connectivity index (χ0v) is 12.4. The summed E-state index contributed by atoms with van der Waals surface area (Å²) in [5, 5.41) is 0. The zero-order valence-electron chi connectivity index (χ0n) is 11.5. The molecule has 1 aromatic carbocycles. The standard InChI is InChI=1S/C15H17N3OS/c1-18(10-11-6-3-4-8-13(11)19-2)12-7-5-9-17-14(12)15(16)20/h3-9H,10H2,1-2H3,(H2,16,20). The molecule has 0 fully saturated rings. The molecule has 0 amide bonds. The lowest BCUT2D eigenvalue weighted by atomic mass is 10.1. The maximum Gasteiger partial charge on any atom is 0.124 e. The van der Waals surface area contributed by atoms with E-state index >= 15 is 0 Å². The molecule has 2 rings (SSSR count). The van der Waals surface area contributed by atoms with Gasteiger partial charge in [-0.2, -0.15) is 0 Å². The average Bonchev–Trinajstić information content (AvgIpc) is 2.47. The van der Waals surface area contributed by atoms with Crippen molar-refractivity contribution in [3.05, 3.63) is 53.9 Å². The SMILES string of the molecule is COc1ccccc1CN(C)c1cccnc1C(N)=S. The van der Waals surface area contributed by atoms with Crippen molar-refractivity contribution in [1.29, 1.82) is 0 Å².